The third-order valence-corrected chi connectivity index (χ3v) is 7.94. The van der Waals surface area contributed by atoms with Gasteiger partial charge in [-0.05, 0) is 42.2 Å². The number of amides is 2. The highest BCUT2D eigenvalue weighted by Crippen LogP contribution is 2.39. The van der Waals surface area contributed by atoms with Gasteiger partial charge in [0.05, 0.1) is 10.9 Å². The van der Waals surface area contributed by atoms with Crippen LogP contribution in [0.1, 0.15) is 36.1 Å². The van der Waals surface area contributed by atoms with Crippen molar-refractivity contribution in [2.75, 3.05) is 11.4 Å². The highest BCUT2D eigenvalue weighted by Gasteiger charge is 2.43. The molecule has 2 amide bonds. The van der Waals surface area contributed by atoms with Gasteiger partial charge in [-0.1, -0.05) is 79.3 Å². The zero-order chi connectivity index (χ0) is 23.9. The van der Waals surface area contributed by atoms with Crippen molar-refractivity contribution in [1.29, 1.82) is 0 Å². The molecule has 0 aliphatic carbocycles. The maximum absolute atomic E-state index is 13.6. The summed E-state index contributed by atoms with van der Waals surface area (Å²) in [4.78, 5) is 40.4. The summed E-state index contributed by atoms with van der Waals surface area (Å²) in [6.45, 7) is 2.68. The second-order valence-corrected chi connectivity index (χ2v) is 9.90. The first-order valence-electron chi connectivity index (χ1n) is 11.9. The van der Waals surface area contributed by atoms with Crippen molar-refractivity contribution in [3.8, 4) is 0 Å². The van der Waals surface area contributed by atoms with E-state index in [1.165, 1.54) is 17.3 Å². The maximum Gasteiger partial charge on any atom is 0.263 e. The van der Waals surface area contributed by atoms with E-state index in [0.717, 1.165) is 28.9 Å². The molecule has 3 aromatic rings. The molecule has 6 nitrogen and oxygen atoms in total. The van der Waals surface area contributed by atoms with E-state index in [4.69, 9.17) is 9.98 Å². The second-order valence-electron chi connectivity index (χ2n) is 8.73. The Bertz CT molecular complexity index is 1380. The minimum Gasteiger partial charge on any atom is -0.311 e. The monoisotopic (exact) mass is 480 g/mol. The standard InChI is InChI=1S/C28H24N4O2S/c1-2-23(26(33)31-17-16-18-10-6-9-15-22(18)31)35-28-29-21-14-8-7-13-20(21)25-30-24(27(34)32(25)28)19-11-4-3-5-12-19/h3-15,23-24H,2,16-17H2,1H3/t23-,24+/m1/s1. The molecule has 6 rings (SSSR count). The van der Waals surface area contributed by atoms with E-state index >= 15 is 0 Å². The van der Waals surface area contributed by atoms with E-state index in [2.05, 4.69) is 6.07 Å². The molecule has 3 aliphatic heterocycles. The lowest BCUT2D eigenvalue weighted by atomic mass is 10.1. The number of anilines is 1. The normalized spacial score (nSPS) is 19.0. The predicted octanol–water partition coefficient (Wildman–Crippen LogP) is 5.12. The number of hydrogen-bond acceptors (Lipinski definition) is 5. The lowest BCUT2D eigenvalue weighted by molar-refractivity contribution is -0.124. The molecule has 0 radical (unpaired) electrons. The molecule has 0 aromatic heterocycles. The Hall–Kier alpha value is -3.71. The summed E-state index contributed by atoms with van der Waals surface area (Å²) in [5.41, 5.74) is 4.62. The van der Waals surface area contributed by atoms with Crippen LogP contribution in [0.15, 0.2) is 88.8 Å². The first-order valence-corrected chi connectivity index (χ1v) is 12.7. The molecule has 7 heteroatoms. The average molecular weight is 481 g/mol. The second kappa shape index (κ2) is 8.82. The molecule has 3 aliphatic rings. The van der Waals surface area contributed by atoms with Gasteiger partial charge in [-0.15, -0.1) is 0 Å². The van der Waals surface area contributed by atoms with Crippen molar-refractivity contribution in [1.82, 2.24) is 4.90 Å². The molecule has 3 aromatic carbocycles. The summed E-state index contributed by atoms with van der Waals surface area (Å²) in [6.07, 6.45) is 1.48. The van der Waals surface area contributed by atoms with Crippen LogP contribution in [0.25, 0.3) is 0 Å². The Kier molecular flexibility index (Phi) is 5.49. The van der Waals surface area contributed by atoms with Crippen LogP contribution in [0.3, 0.4) is 0 Å². The summed E-state index contributed by atoms with van der Waals surface area (Å²) < 4.78 is 0. The molecule has 35 heavy (non-hydrogen) atoms. The third kappa shape index (κ3) is 3.67. The average Bonchev–Trinajstić information content (AvgIpc) is 3.49. The zero-order valence-corrected chi connectivity index (χ0v) is 20.1. The SMILES string of the molecule is CC[C@@H](SC1=Nc2ccccc2C2=N[C@@H](c3ccccc3)C(=O)N12)C(=O)N1CCc2ccccc21. The first kappa shape index (κ1) is 21.8. The summed E-state index contributed by atoms with van der Waals surface area (Å²) >= 11 is 1.36. The number of carbonyl (C=O) groups is 2. The van der Waals surface area contributed by atoms with Gasteiger partial charge in [0, 0.05) is 17.8 Å². The Morgan fingerprint density at radius 1 is 1.03 bits per heavy atom. The molecule has 0 saturated heterocycles. The van der Waals surface area contributed by atoms with E-state index in [1.54, 1.807) is 4.90 Å². The number of nitrogens with zero attached hydrogens (tertiary/aromatic N) is 4. The lowest BCUT2D eigenvalue weighted by Gasteiger charge is -2.29. The molecule has 0 saturated carbocycles. The smallest absolute Gasteiger partial charge is 0.263 e. The number of rotatable bonds is 4. The van der Waals surface area contributed by atoms with Crippen molar-refractivity contribution >= 4 is 46.0 Å². The van der Waals surface area contributed by atoms with Crippen molar-refractivity contribution in [2.24, 2.45) is 9.98 Å². The van der Waals surface area contributed by atoms with Crippen LogP contribution < -0.4 is 4.90 Å². The van der Waals surface area contributed by atoms with Crippen LogP contribution in [-0.2, 0) is 16.0 Å². The summed E-state index contributed by atoms with van der Waals surface area (Å²) in [5, 5.41) is 0.147. The van der Waals surface area contributed by atoms with Crippen LogP contribution >= 0.6 is 11.8 Å². The summed E-state index contributed by atoms with van der Waals surface area (Å²) in [6, 6.07) is 24.8. The van der Waals surface area contributed by atoms with E-state index < -0.39 is 6.04 Å². The molecule has 0 unspecified atom stereocenters. The Labute approximate surface area is 208 Å². The summed E-state index contributed by atoms with van der Waals surface area (Å²) in [5.74, 6) is 0.514. The van der Waals surface area contributed by atoms with Gasteiger partial charge in [0.2, 0.25) is 5.91 Å². The number of fused-ring (bicyclic) bond motifs is 4. The number of para-hydroxylation sites is 2. The molecule has 174 valence electrons. The number of benzene rings is 3. The highest BCUT2D eigenvalue weighted by molar-refractivity contribution is 8.15. The molecular weight excluding hydrogens is 456 g/mol. The van der Waals surface area contributed by atoms with Gasteiger partial charge in [0.15, 0.2) is 11.2 Å². The van der Waals surface area contributed by atoms with Gasteiger partial charge in [-0.25, -0.2) is 14.9 Å². The van der Waals surface area contributed by atoms with E-state index in [9.17, 15) is 9.59 Å². The zero-order valence-electron chi connectivity index (χ0n) is 19.3. The molecule has 0 fully saturated rings. The van der Waals surface area contributed by atoms with Gasteiger partial charge < -0.3 is 4.90 Å². The van der Waals surface area contributed by atoms with Crippen molar-refractivity contribution < 1.29 is 9.59 Å². The van der Waals surface area contributed by atoms with Crippen molar-refractivity contribution in [3.63, 3.8) is 0 Å². The number of amidine groups is 2. The van der Waals surface area contributed by atoms with Crippen LogP contribution in [-0.4, -0.2) is 39.5 Å². The van der Waals surface area contributed by atoms with Gasteiger partial charge in [-0.3, -0.25) is 9.59 Å². The van der Waals surface area contributed by atoms with Gasteiger partial charge >= 0.3 is 0 Å². The topological polar surface area (TPSA) is 65.3 Å². The minimum absolute atomic E-state index is 0.0498. The van der Waals surface area contributed by atoms with Crippen molar-refractivity contribution in [2.45, 2.75) is 31.1 Å². The van der Waals surface area contributed by atoms with Gasteiger partial charge in [-0.2, -0.15) is 0 Å². The minimum atomic E-state index is -0.621. The first-order chi connectivity index (χ1) is 17.2. The molecule has 3 heterocycles. The molecule has 0 spiro atoms. The van der Waals surface area contributed by atoms with Crippen LogP contribution in [0.2, 0.25) is 0 Å². The Morgan fingerprint density at radius 2 is 1.77 bits per heavy atom. The van der Waals surface area contributed by atoms with E-state index in [1.807, 2.05) is 84.6 Å². The highest BCUT2D eigenvalue weighted by atomic mass is 32.2. The molecule has 2 atom stereocenters. The van der Waals surface area contributed by atoms with Gasteiger partial charge in [0.25, 0.3) is 5.91 Å². The lowest BCUT2D eigenvalue weighted by Crippen LogP contribution is -2.43. The van der Waals surface area contributed by atoms with E-state index in [0.29, 0.717) is 24.0 Å². The molecule has 0 bridgehead atoms. The maximum atomic E-state index is 13.6. The Balaban J connectivity index is 1.34. The molecule has 0 N–H and O–H groups in total. The van der Waals surface area contributed by atoms with Crippen molar-refractivity contribution in [3.05, 3.63) is 95.6 Å². The van der Waals surface area contributed by atoms with Crippen LogP contribution in [0.4, 0.5) is 11.4 Å². The number of carbonyl (C=O) groups excluding carboxylic acids is 2. The number of thioether (sulfide) groups is 1. The fourth-order valence-electron chi connectivity index (χ4n) is 4.86. The van der Waals surface area contributed by atoms with Crippen LogP contribution in [0, 0.1) is 0 Å². The van der Waals surface area contributed by atoms with Crippen LogP contribution in [0.5, 0.6) is 0 Å². The largest absolute Gasteiger partial charge is 0.311 e. The number of hydrogen-bond donors (Lipinski definition) is 0. The molecular formula is C28H24N4O2S. The summed E-state index contributed by atoms with van der Waals surface area (Å²) in [7, 11) is 0. The fraction of sp³-hybridized carbons (Fsp3) is 0.214. The van der Waals surface area contributed by atoms with E-state index in [-0.39, 0.29) is 17.1 Å². The third-order valence-electron chi connectivity index (χ3n) is 6.63. The van der Waals surface area contributed by atoms with Gasteiger partial charge in [0.1, 0.15) is 5.84 Å². The number of aliphatic imine (C=N–C) groups is 2. The predicted molar refractivity (Wildman–Crippen MR) is 140 cm³/mol. The Morgan fingerprint density at radius 3 is 2.60 bits per heavy atom. The fourth-order valence-corrected chi connectivity index (χ4v) is 5.94. The quantitative estimate of drug-likeness (QED) is 0.521.